The molecule has 0 aromatic heterocycles. The third-order valence-electron chi connectivity index (χ3n) is 1.66. The summed E-state index contributed by atoms with van der Waals surface area (Å²) in [6.45, 7) is 5.22. The number of nitrogens with one attached hydrogen (secondary N) is 1. The van der Waals surface area contributed by atoms with Crippen molar-refractivity contribution in [2.75, 3.05) is 13.1 Å². The van der Waals surface area contributed by atoms with Gasteiger partial charge in [0.1, 0.15) is 11.8 Å². The van der Waals surface area contributed by atoms with Crippen molar-refractivity contribution in [1.29, 1.82) is 0 Å². The third kappa shape index (κ3) is 6.23. The van der Waals surface area contributed by atoms with Crippen molar-refractivity contribution in [3.8, 4) is 0 Å². The Hall–Kier alpha value is -0.180. The van der Waals surface area contributed by atoms with Crippen LogP contribution in [0.4, 0.5) is 8.78 Å². The fourth-order valence-electron chi connectivity index (χ4n) is 0.657. The molecule has 1 N–H and O–H groups in total. The second-order valence-electron chi connectivity index (χ2n) is 3.18. The van der Waals surface area contributed by atoms with Crippen molar-refractivity contribution in [1.82, 2.24) is 5.32 Å². The van der Waals surface area contributed by atoms with Crippen LogP contribution in [-0.2, 0) is 0 Å². The molecule has 0 fully saturated rings. The summed E-state index contributed by atoms with van der Waals surface area (Å²) in [6.07, 6.45) is -0.441. The first-order valence-corrected chi connectivity index (χ1v) is 4.01. The van der Waals surface area contributed by atoms with Crippen LogP contribution >= 0.6 is 0 Å². The van der Waals surface area contributed by atoms with Crippen molar-refractivity contribution in [2.45, 2.75) is 39.0 Å². The number of rotatable bonds is 5. The Morgan fingerprint density at radius 1 is 1.55 bits per heavy atom. The van der Waals surface area contributed by atoms with Crippen LogP contribution in [-0.4, -0.2) is 24.9 Å². The van der Waals surface area contributed by atoms with Crippen LogP contribution in [0.15, 0.2) is 0 Å². The van der Waals surface area contributed by atoms with E-state index < -0.39 is 11.8 Å². The van der Waals surface area contributed by atoms with Gasteiger partial charge in [0.2, 0.25) is 0 Å². The number of hydrogen-bond donors (Lipinski definition) is 1. The van der Waals surface area contributed by atoms with Gasteiger partial charge < -0.3 is 5.32 Å². The summed E-state index contributed by atoms with van der Waals surface area (Å²) in [4.78, 5) is 0. The molecule has 3 heteroatoms. The highest BCUT2D eigenvalue weighted by atomic mass is 19.1. The van der Waals surface area contributed by atoms with E-state index in [0.717, 1.165) is 0 Å². The molecule has 0 saturated heterocycles. The minimum Gasteiger partial charge on any atom is -0.311 e. The molecule has 0 bridgehead atoms. The summed E-state index contributed by atoms with van der Waals surface area (Å²) in [6, 6.07) is 0. The molecule has 0 radical (unpaired) electrons. The van der Waals surface area contributed by atoms with E-state index in [1.165, 1.54) is 13.8 Å². The summed E-state index contributed by atoms with van der Waals surface area (Å²) in [5.41, 5.74) is -1.20. The molecule has 0 aromatic carbocycles. The largest absolute Gasteiger partial charge is 0.311 e. The Morgan fingerprint density at radius 2 is 2.09 bits per heavy atom. The predicted molar refractivity (Wildman–Crippen MR) is 43.2 cm³/mol. The van der Waals surface area contributed by atoms with E-state index >= 15 is 0 Å². The topological polar surface area (TPSA) is 12.0 Å². The normalized spacial score (nSPS) is 19.4. The molecule has 0 aliphatic carbocycles. The molecule has 2 unspecified atom stereocenters. The lowest BCUT2D eigenvalue weighted by molar-refractivity contribution is 0.173. The maximum atomic E-state index is 13.1. The first-order valence-electron chi connectivity index (χ1n) is 4.01. The van der Waals surface area contributed by atoms with Gasteiger partial charge in [0.25, 0.3) is 0 Å². The van der Waals surface area contributed by atoms with E-state index in [2.05, 4.69) is 5.32 Å². The van der Waals surface area contributed by atoms with E-state index in [-0.39, 0.29) is 13.1 Å². The molecule has 0 heterocycles. The first-order chi connectivity index (χ1) is 4.98. The Kier molecular flexibility index (Phi) is 4.57. The van der Waals surface area contributed by atoms with E-state index in [1.807, 2.05) is 0 Å². The van der Waals surface area contributed by atoms with Gasteiger partial charge in [0.15, 0.2) is 0 Å². The fourth-order valence-corrected chi connectivity index (χ4v) is 0.657. The molecule has 2 atom stereocenters. The first kappa shape index (κ1) is 10.8. The Labute approximate surface area is 67.2 Å². The maximum Gasteiger partial charge on any atom is 0.120 e. The summed E-state index contributed by atoms with van der Waals surface area (Å²) >= 11 is 0. The second kappa shape index (κ2) is 4.65. The lowest BCUT2D eigenvalue weighted by Gasteiger charge is -2.18. The zero-order chi connectivity index (χ0) is 8.91. The molecular formula is C8H17F2N. The quantitative estimate of drug-likeness (QED) is 0.657. The molecule has 0 rings (SSSR count). The van der Waals surface area contributed by atoms with Crippen molar-refractivity contribution < 1.29 is 8.78 Å². The highest BCUT2D eigenvalue weighted by molar-refractivity contribution is 4.74. The van der Waals surface area contributed by atoms with Gasteiger partial charge in [0.05, 0.1) is 0 Å². The molecule has 68 valence electrons. The zero-order valence-corrected chi connectivity index (χ0v) is 7.45. The highest BCUT2D eigenvalue weighted by Gasteiger charge is 2.19. The van der Waals surface area contributed by atoms with Gasteiger partial charge in [-0.3, -0.25) is 0 Å². The highest BCUT2D eigenvalue weighted by Crippen LogP contribution is 2.12. The van der Waals surface area contributed by atoms with Crippen molar-refractivity contribution in [3.63, 3.8) is 0 Å². The monoisotopic (exact) mass is 165 g/mol. The maximum absolute atomic E-state index is 13.1. The van der Waals surface area contributed by atoms with Crippen LogP contribution < -0.4 is 5.32 Å². The van der Waals surface area contributed by atoms with Gasteiger partial charge in [-0.25, -0.2) is 8.78 Å². The average molecular weight is 165 g/mol. The molecule has 11 heavy (non-hydrogen) atoms. The zero-order valence-electron chi connectivity index (χ0n) is 7.45. The van der Waals surface area contributed by atoms with Crippen molar-refractivity contribution >= 4 is 0 Å². The van der Waals surface area contributed by atoms with Gasteiger partial charge in [-0.2, -0.15) is 0 Å². The summed E-state index contributed by atoms with van der Waals surface area (Å²) < 4.78 is 25.3. The lowest BCUT2D eigenvalue weighted by Crippen LogP contribution is -2.35. The van der Waals surface area contributed by atoms with Gasteiger partial charge in [-0.1, -0.05) is 6.92 Å². The number of alkyl halides is 2. The second-order valence-corrected chi connectivity index (χ2v) is 3.18. The third-order valence-corrected chi connectivity index (χ3v) is 1.66. The average Bonchev–Trinajstić information content (AvgIpc) is 1.87. The van der Waals surface area contributed by atoms with Crippen LogP contribution in [0, 0.1) is 0 Å². The van der Waals surface area contributed by atoms with Gasteiger partial charge in [0, 0.05) is 13.1 Å². The van der Waals surface area contributed by atoms with Crippen LogP contribution in [0.25, 0.3) is 0 Å². The van der Waals surface area contributed by atoms with Crippen molar-refractivity contribution in [3.05, 3.63) is 0 Å². The minimum absolute atomic E-state index is 0.234. The predicted octanol–water partition coefficient (Wildman–Crippen LogP) is 2.07. The number of halogens is 2. The van der Waals surface area contributed by atoms with Crippen molar-refractivity contribution in [2.24, 2.45) is 0 Å². The lowest BCUT2D eigenvalue weighted by atomic mass is 10.1. The van der Waals surface area contributed by atoms with Gasteiger partial charge >= 0.3 is 0 Å². The molecule has 0 aliphatic rings. The van der Waals surface area contributed by atoms with E-state index in [0.29, 0.717) is 6.42 Å². The standard InChI is InChI=1S/C8H17F2N/c1-4-8(3,10)6-11-5-7(2)9/h7,11H,4-6H2,1-3H3. The van der Waals surface area contributed by atoms with Crippen LogP contribution in [0.1, 0.15) is 27.2 Å². The Balaban J connectivity index is 3.38. The molecule has 1 nitrogen and oxygen atoms in total. The molecule has 0 aliphatic heterocycles. The van der Waals surface area contributed by atoms with Gasteiger partial charge in [-0.15, -0.1) is 0 Å². The Bertz CT molecular complexity index is 102. The minimum atomic E-state index is -1.20. The van der Waals surface area contributed by atoms with Crippen LogP contribution in [0.2, 0.25) is 0 Å². The molecule has 0 aromatic rings. The van der Waals surface area contributed by atoms with Gasteiger partial charge in [-0.05, 0) is 20.3 Å². The molecular weight excluding hydrogens is 148 g/mol. The van der Waals surface area contributed by atoms with Crippen LogP contribution in [0.3, 0.4) is 0 Å². The molecule has 0 saturated carbocycles. The number of hydrogen-bond acceptors (Lipinski definition) is 1. The van der Waals surface area contributed by atoms with E-state index in [9.17, 15) is 8.78 Å². The molecule has 0 spiro atoms. The molecule has 0 amide bonds. The summed E-state index contributed by atoms with van der Waals surface area (Å²) in [5, 5.41) is 2.73. The van der Waals surface area contributed by atoms with Crippen LogP contribution in [0.5, 0.6) is 0 Å². The fraction of sp³-hybridized carbons (Fsp3) is 1.00. The summed E-state index contributed by atoms with van der Waals surface area (Å²) in [5.74, 6) is 0. The smallest absolute Gasteiger partial charge is 0.120 e. The van der Waals surface area contributed by atoms with E-state index in [4.69, 9.17) is 0 Å². The van der Waals surface area contributed by atoms with E-state index in [1.54, 1.807) is 6.92 Å². The summed E-state index contributed by atoms with van der Waals surface area (Å²) in [7, 11) is 0. The Morgan fingerprint density at radius 3 is 2.45 bits per heavy atom. The SMILES string of the molecule is CCC(C)(F)CNCC(C)F.